The summed E-state index contributed by atoms with van der Waals surface area (Å²) in [6.07, 6.45) is 0. The normalized spacial score (nSPS) is 11.1. The Bertz CT molecular complexity index is 1000. The molecule has 0 spiro atoms. The number of aromatic nitrogens is 2. The zero-order valence-electron chi connectivity index (χ0n) is 13.4. The molecule has 3 heteroatoms. The lowest BCUT2D eigenvalue weighted by Gasteiger charge is -2.11. The molecule has 0 amide bonds. The van der Waals surface area contributed by atoms with E-state index in [1.807, 2.05) is 24.3 Å². The lowest BCUT2D eigenvalue weighted by molar-refractivity contribution is 0.628. The van der Waals surface area contributed by atoms with Crippen LogP contribution in [0.4, 0.5) is 4.39 Å². The highest BCUT2D eigenvalue weighted by molar-refractivity contribution is 5.80. The van der Waals surface area contributed by atoms with Crippen molar-refractivity contribution in [2.75, 3.05) is 0 Å². The van der Waals surface area contributed by atoms with Crippen molar-refractivity contribution < 1.29 is 4.39 Å². The van der Waals surface area contributed by atoms with Gasteiger partial charge in [0.15, 0.2) is 0 Å². The fraction of sp³-hybridized carbons (Fsp3) is 0.0952. The Kier molecular flexibility index (Phi) is 3.62. The molecular formula is C21H17FN2. The minimum atomic E-state index is -0.236. The maximum Gasteiger partial charge on any atom is 0.141 e. The van der Waals surface area contributed by atoms with E-state index >= 15 is 0 Å². The molecule has 4 rings (SSSR count). The van der Waals surface area contributed by atoms with E-state index in [1.165, 1.54) is 23.3 Å². The zero-order chi connectivity index (χ0) is 16.5. The number of halogens is 1. The zero-order valence-corrected chi connectivity index (χ0v) is 13.4. The molecule has 2 nitrogen and oxygen atoms in total. The van der Waals surface area contributed by atoms with Gasteiger partial charge in [-0.3, -0.25) is 0 Å². The van der Waals surface area contributed by atoms with E-state index in [9.17, 15) is 4.39 Å². The van der Waals surface area contributed by atoms with Crippen LogP contribution in [0.25, 0.3) is 22.4 Å². The predicted octanol–water partition coefficient (Wildman–Crippen LogP) is 5.20. The van der Waals surface area contributed by atoms with Crippen molar-refractivity contribution in [1.29, 1.82) is 0 Å². The van der Waals surface area contributed by atoms with Crippen LogP contribution in [0.1, 0.15) is 11.1 Å². The van der Waals surface area contributed by atoms with E-state index in [-0.39, 0.29) is 5.82 Å². The molecule has 0 fully saturated rings. The Balaban J connectivity index is 1.90. The molecule has 3 aromatic carbocycles. The number of hydrogen-bond acceptors (Lipinski definition) is 1. The molecule has 0 radical (unpaired) electrons. The number of nitrogens with zero attached hydrogens (tertiary/aromatic N) is 2. The van der Waals surface area contributed by atoms with Crippen molar-refractivity contribution in [1.82, 2.24) is 9.55 Å². The third-order valence-electron chi connectivity index (χ3n) is 4.35. The molecule has 24 heavy (non-hydrogen) atoms. The summed E-state index contributed by atoms with van der Waals surface area (Å²) in [7, 11) is 0. The lowest BCUT2D eigenvalue weighted by Crippen LogP contribution is -2.03. The molecule has 0 saturated heterocycles. The average Bonchev–Trinajstić information content (AvgIpc) is 2.96. The van der Waals surface area contributed by atoms with Gasteiger partial charge in [0.25, 0.3) is 0 Å². The van der Waals surface area contributed by atoms with Gasteiger partial charge in [-0.2, -0.15) is 0 Å². The van der Waals surface area contributed by atoms with E-state index in [0.717, 1.165) is 29.0 Å². The highest BCUT2D eigenvalue weighted by Gasteiger charge is 2.13. The van der Waals surface area contributed by atoms with Crippen LogP contribution in [0.3, 0.4) is 0 Å². The second-order valence-electron chi connectivity index (χ2n) is 5.94. The summed E-state index contributed by atoms with van der Waals surface area (Å²) < 4.78 is 15.5. The van der Waals surface area contributed by atoms with E-state index in [2.05, 4.69) is 35.8 Å². The molecule has 0 aliphatic heterocycles. The quantitative estimate of drug-likeness (QED) is 0.508. The Morgan fingerprint density at radius 2 is 1.58 bits per heavy atom. The second kappa shape index (κ2) is 5.93. The van der Waals surface area contributed by atoms with Gasteiger partial charge >= 0.3 is 0 Å². The third kappa shape index (κ3) is 2.58. The van der Waals surface area contributed by atoms with Gasteiger partial charge in [-0.15, -0.1) is 0 Å². The van der Waals surface area contributed by atoms with Gasteiger partial charge in [-0.05, 0) is 54.4 Å². The number of hydrogen-bond donors (Lipinski definition) is 0. The molecule has 4 aromatic rings. The van der Waals surface area contributed by atoms with Gasteiger partial charge in [-0.1, -0.05) is 36.4 Å². The number of benzene rings is 3. The third-order valence-corrected chi connectivity index (χ3v) is 4.35. The van der Waals surface area contributed by atoms with E-state index < -0.39 is 0 Å². The first kappa shape index (κ1) is 14.6. The fourth-order valence-electron chi connectivity index (χ4n) is 3.01. The van der Waals surface area contributed by atoms with Crippen molar-refractivity contribution in [3.05, 3.63) is 89.7 Å². The van der Waals surface area contributed by atoms with Gasteiger partial charge in [0.05, 0.1) is 11.0 Å². The summed E-state index contributed by atoms with van der Waals surface area (Å²) in [6.45, 7) is 2.85. The smallest absolute Gasteiger partial charge is 0.141 e. The van der Waals surface area contributed by atoms with Crippen molar-refractivity contribution >= 4 is 11.0 Å². The van der Waals surface area contributed by atoms with Crippen molar-refractivity contribution in [3.8, 4) is 11.4 Å². The molecule has 0 N–H and O–H groups in total. The first-order valence-electron chi connectivity index (χ1n) is 7.98. The maximum absolute atomic E-state index is 13.3. The minimum Gasteiger partial charge on any atom is -0.319 e. The molecular weight excluding hydrogens is 299 g/mol. The second-order valence-corrected chi connectivity index (χ2v) is 5.94. The maximum atomic E-state index is 13.3. The summed E-state index contributed by atoms with van der Waals surface area (Å²) in [4.78, 5) is 4.78. The summed E-state index contributed by atoms with van der Waals surface area (Å²) in [5.41, 5.74) is 5.45. The topological polar surface area (TPSA) is 17.8 Å². The minimum absolute atomic E-state index is 0.236. The standard InChI is InChI=1S/C21H17FN2/c1-15-6-2-3-7-17(15)14-24-20-9-5-4-8-19(20)23-21(24)16-10-12-18(22)13-11-16/h2-13H,14H2,1H3. The van der Waals surface area contributed by atoms with Gasteiger partial charge in [-0.25, -0.2) is 9.37 Å². The summed E-state index contributed by atoms with van der Waals surface area (Å²) in [6, 6.07) is 23.0. The Morgan fingerprint density at radius 1 is 0.875 bits per heavy atom. The molecule has 0 aliphatic carbocycles. The average molecular weight is 316 g/mol. The van der Waals surface area contributed by atoms with Crippen LogP contribution in [-0.4, -0.2) is 9.55 Å². The summed E-state index contributed by atoms with van der Waals surface area (Å²) >= 11 is 0. The van der Waals surface area contributed by atoms with Crippen molar-refractivity contribution in [2.24, 2.45) is 0 Å². The van der Waals surface area contributed by atoms with Crippen molar-refractivity contribution in [2.45, 2.75) is 13.5 Å². The van der Waals surface area contributed by atoms with Crippen LogP contribution in [0.15, 0.2) is 72.8 Å². The Morgan fingerprint density at radius 3 is 2.38 bits per heavy atom. The van der Waals surface area contributed by atoms with E-state index in [4.69, 9.17) is 4.98 Å². The predicted molar refractivity (Wildman–Crippen MR) is 95.4 cm³/mol. The SMILES string of the molecule is Cc1ccccc1Cn1c(-c2ccc(F)cc2)nc2ccccc21. The Hall–Kier alpha value is -2.94. The number of rotatable bonds is 3. The number of imidazole rings is 1. The van der Waals surface area contributed by atoms with Crippen LogP contribution in [0.2, 0.25) is 0 Å². The molecule has 0 aliphatic rings. The monoisotopic (exact) mass is 316 g/mol. The van der Waals surface area contributed by atoms with Gasteiger partial charge in [0.2, 0.25) is 0 Å². The van der Waals surface area contributed by atoms with Gasteiger partial charge in [0, 0.05) is 12.1 Å². The molecule has 0 bridgehead atoms. The van der Waals surface area contributed by atoms with Gasteiger partial charge in [0.1, 0.15) is 11.6 Å². The molecule has 0 unspecified atom stereocenters. The number of para-hydroxylation sites is 2. The van der Waals surface area contributed by atoms with Crippen LogP contribution in [0, 0.1) is 12.7 Å². The van der Waals surface area contributed by atoms with Crippen LogP contribution in [-0.2, 0) is 6.54 Å². The molecule has 118 valence electrons. The molecule has 1 aromatic heterocycles. The first-order chi connectivity index (χ1) is 11.7. The summed E-state index contributed by atoms with van der Waals surface area (Å²) in [5, 5.41) is 0. The Labute approximate surface area is 140 Å². The van der Waals surface area contributed by atoms with Crippen LogP contribution >= 0.6 is 0 Å². The van der Waals surface area contributed by atoms with Crippen LogP contribution < -0.4 is 0 Å². The summed E-state index contributed by atoms with van der Waals surface area (Å²) in [5.74, 6) is 0.625. The number of aryl methyl sites for hydroxylation is 1. The van der Waals surface area contributed by atoms with E-state index in [0.29, 0.717) is 0 Å². The highest BCUT2D eigenvalue weighted by Crippen LogP contribution is 2.26. The van der Waals surface area contributed by atoms with Crippen LogP contribution in [0.5, 0.6) is 0 Å². The first-order valence-corrected chi connectivity index (χ1v) is 7.98. The molecule has 1 heterocycles. The lowest BCUT2D eigenvalue weighted by atomic mass is 10.1. The van der Waals surface area contributed by atoms with Gasteiger partial charge < -0.3 is 4.57 Å². The van der Waals surface area contributed by atoms with E-state index in [1.54, 1.807) is 12.1 Å². The number of fused-ring (bicyclic) bond motifs is 1. The molecule has 0 saturated carbocycles. The fourth-order valence-corrected chi connectivity index (χ4v) is 3.01. The largest absolute Gasteiger partial charge is 0.319 e. The molecule has 0 atom stereocenters. The van der Waals surface area contributed by atoms with Crippen molar-refractivity contribution in [3.63, 3.8) is 0 Å². The highest BCUT2D eigenvalue weighted by atomic mass is 19.1.